The smallest absolute Gasteiger partial charge is 0.289 e. The zero-order chi connectivity index (χ0) is 10.0. The molecule has 0 radical (unpaired) electrons. The lowest BCUT2D eigenvalue weighted by Crippen LogP contribution is -2.24. The fraction of sp³-hybridized carbons (Fsp3) is 0. The maximum atomic E-state index is 12.8. The summed E-state index contributed by atoms with van der Waals surface area (Å²) in [6.07, 6.45) is 0. The van der Waals surface area contributed by atoms with Gasteiger partial charge in [0.2, 0.25) is 0 Å². The van der Waals surface area contributed by atoms with Crippen molar-refractivity contribution in [2.24, 2.45) is 5.73 Å². The van der Waals surface area contributed by atoms with E-state index in [4.69, 9.17) is 0 Å². The van der Waals surface area contributed by atoms with Crippen molar-refractivity contribution >= 4 is 11.7 Å². The van der Waals surface area contributed by atoms with E-state index in [2.05, 4.69) is 5.73 Å². The van der Waals surface area contributed by atoms with Gasteiger partial charge in [0.15, 0.2) is 0 Å². The molecule has 1 aromatic rings. The molecule has 0 fully saturated rings. The number of benzene rings is 1. The van der Waals surface area contributed by atoms with Crippen LogP contribution in [0.15, 0.2) is 18.2 Å². The van der Waals surface area contributed by atoms with E-state index in [0.29, 0.717) is 6.07 Å². The van der Waals surface area contributed by atoms with Crippen LogP contribution < -0.4 is 5.73 Å². The molecule has 0 saturated heterocycles. The van der Waals surface area contributed by atoms with Crippen LogP contribution in [0, 0.1) is 11.6 Å². The van der Waals surface area contributed by atoms with E-state index < -0.39 is 28.9 Å². The number of carbonyl (C=O) groups is 2. The van der Waals surface area contributed by atoms with Gasteiger partial charge in [0, 0.05) is 6.07 Å². The molecule has 1 rings (SSSR count). The second kappa shape index (κ2) is 3.30. The predicted octanol–water partition coefficient (Wildman–Crippen LogP) is 0.633. The van der Waals surface area contributed by atoms with Gasteiger partial charge >= 0.3 is 0 Å². The normalized spacial score (nSPS) is 9.69. The third-order valence-corrected chi connectivity index (χ3v) is 1.40. The molecule has 0 unspecified atom stereocenters. The van der Waals surface area contributed by atoms with Crippen LogP contribution in [0.4, 0.5) is 8.78 Å². The highest BCUT2D eigenvalue weighted by molar-refractivity contribution is 6.42. The monoisotopic (exact) mass is 185 g/mol. The Balaban J connectivity index is 3.16. The average molecular weight is 185 g/mol. The molecular formula is C8H5F2NO2. The highest BCUT2D eigenvalue weighted by atomic mass is 19.1. The lowest BCUT2D eigenvalue weighted by atomic mass is 10.1. The van der Waals surface area contributed by atoms with Gasteiger partial charge in [-0.3, -0.25) is 9.59 Å². The van der Waals surface area contributed by atoms with Crippen LogP contribution in [0.1, 0.15) is 10.4 Å². The number of rotatable bonds is 2. The Labute approximate surface area is 72.2 Å². The molecule has 0 bridgehead atoms. The summed E-state index contributed by atoms with van der Waals surface area (Å²) < 4.78 is 25.1. The Kier molecular flexibility index (Phi) is 2.36. The van der Waals surface area contributed by atoms with Gasteiger partial charge in [0.05, 0.1) is 5.56 Å². The molecule has 5 heteroatoms. The van der Waals surface area contributed by atoms with Crippen molar-refractivity contribution in [2.75, 3.05) is 0 Å². The first kappa shape index (κ1) is 9.31. The maximum Gasteiger partial charge on any atom is 0.289 e. The first-order valence-corrected chi connectivity index (χ1v) is 3.31. The number of amides is 1. The average Bonchev–Trinajstić information content (AvgIpc) is 2.03. The minimum atomic E-state index is -1.27. The Bertz CT molecular complexity index is 376. The van der Waals surface area contributed by atoms with Gasteiger partial charge in [-0.2, -0.15) is 0 Å². The van der Waals surface area contributed by atoms with Gasteiger partial charge in [-0.05, 0) is 12.1 Å². The predicted molar refractivity (Wildman–Crippen MR) is 39.9 cm³/mol. The molecular weight excluding hydrogens is 180 g/mol. The molecule has 0 saturated carbocycles. The minimum Gasteiger partial charge on any atom is -0.363 e. The van der Waals surface area contributed by atoms with Gasteiger partial charge in [0.25, 0.3) is 11.7 Å². The van der Waals surface area contributed by atoms with Gasteiger partial charge in [-0.15, -0.1) is 0 Å². The summed E-state index contributed by atoms with van der Waals surface area (Å²) in [7, 11) is 0. The van der Waals surface area contributed by atoms with E-state index in [9.17, 15) is 18.4 Å². The van der Waals surface area contributed by atoms with Crippen LogP contribution in [-0.2, 0) is 4.79 Å². The topological polar surface area (TPSA) is 60.2 Å². The molecule has 1 aromatic carbocycles. The van der Waals surface area contributed by atoms with Crippen molar-refractivity contribution in [3.63, 3.8) is 0 Å². The molecule has 0 atom stereocenters. The summed E-state index contributed by atoms with van der Waals surface area (Å²) in [6, 6.07) is 2.26. The lowest BCUT2D eigenvalue weighted by Gasteiger charge is -1.97. The van der Waals surface area contributed by atoms with Crippen LogP contribution in [-0.4, -0.2) is 11.7 Å². The Morgan fingerprint density at radius 2 is 1.85 bits per heavy atom. The summed E-state index contributed by atoms with van der Waals surface area (Å²) in [6.45, 7) is 0. The molecule has 68 valence electrons. The van der Waals surface area contributed by atoms with E-state index in [1.54, 1.807) is 0 Å². The summed E-state index contributed by atoms with van der Waals surface area (Å²) in [5.74, 6) is -4.36. The van der Waals surface area contributed by atoms with Crippen molar-refractivity contribution in [3.8, 4) is 0 Å². The molecule has 3 nitrogen and oxygen atoms in total. The second-order valence-electron chi connectivity index (χ2n) is 2.32. The number of nitrogens with two attached hydrogens (primary N) is 1. The number of hydrogen-bond donors (Lipinski definition) is 1. The van der Waals surface area contributed by atoms with Crippen molar-refractivity contribution in [1.82, 2.24) is 0 Å². The molecule has 0 spiro atoms. The van der Waals surface area contributed by atoms with Crippen LogP contribution in [0.25, 0.3) is 0 Å². The van der Waals surface area contributed by atoms with E-state index >= 15 is 0 Å². The fourth-order valence-electron chi connectivity index (χ4n) is 0.806. The van der Waals surface area contributed by atoms with Crippen LogP contribution >= 0.6 is 0 Å². The van der Waals surface area contributed by atoms with E-state index in [1.165, 1.54) is 0 Å². The van der Waals surface area contributed by atoms with Gasteiger partial charge < -0.3 is 5.73 Å². The Morgan fingerprint density at radius 3 is 2.31 bits per heavy atom. The Hall–Kier alpha value is -1.78. The number of ketones is 1. The van der Waals surface area contributed by atoms with Gasteiger partial charge in [-0.1, -0.05) is 0 Å². The number of primary amides is 1. The van der Waals surface area contributed by atoms with Crippen molar-refractivity contribution in [2.45, 2.75) is 0 Å². The van der Waals surface area contributed by atoms with Crippen molar-refractivity contribution in [1.29, 1.82) is 0 Å². The SMILES string of the molecule is NC(=O)C(=O)c1ccc(F)cc1F. The Morgan fingerprint density at radius 1 is 1.23 bits per heavy atom. The third-order valence-electron chi connectivity index (χ3n) is 1.40. The van der Waals surface area contributed by atoms with Crippen molar-refractivity contribution < 1.29 is 18.4 Å². The fourth-order valence-corrected chi connectivity index (χ4v) is 0.806. The van der Waals surface area contributed by atoms with E-state index in [-0.39, 0.29) is 0 Å². The molecule has 0 aliphatic carbocycles. The molecule has 13 heavy (non-hydrogen) atoms. The zero-order valence-electron chi connectivity index (χ0n) is 6.38. The molecule has 2 N–H and O–H groups in total. The zero-order valence-corrected chi connectivity index (χ0v) is 6.38. The van der Waals surface area contributed by atoms with E-state index in [1.807, 2.05) is 0 Å². The number of hydrogen-bond acceptors (Lipinski definition) is 2. The van der Waals surface area contributed by atoms with Crippen molar-refractivity contribution in [3.05, 3.63) is 35.4 Å². The van der Waals surface area contributed by atoms with Crippen LogP contribution in [0.5, 0.6) is 0 Å². The first-order valence-electron chi connectivity index (χ1n) is 3.31. The molecule has 0 heterocycles. The van der Waals surface area contributed by atoms with Gasteiger partial charge in [-0.25, -0.2) is 8.78 Å². The first-order chi connectivity index (χ1) is 6.02. The largest absolute Gasteiger partial charge is 0.363 e. The summed E-state index contributed by atoms with van der Waals surface area (Å²) in [4.78, 5) is 21.2. The van der Waals surface area contributed by atoms with Gasteiger partial charge in [0.1, 0.15) is 11.6 Å². The summed E-state index contributed by atoms with van der Waals surface area (Å²) in [5, 5.41) is 0. The molecule has 1 amide bonds. The molecule has 0 aromatic heterocycles. The number of Topliss-reactive ketones (excluding diaryl/α,β-unsaturated/α-hetero) is 1. The van der Waals surface area contributed by atoms with E-state index in [0.717, 1.165) is 12.1 Å². The second-order valence-corrected chi connectivity index (χ2v) is 2.32. The van der Waals surface area contributed by atoms with Crippen LogP contribution in [0.3, 0.4) is 0 Å². The molecule has 0 aliphatic rings. The summed E-state index contributed by atoms with van der Waals surface area (Å²) in [5.41, 5.74) is 4.11. The minimum absolute atomic E-state index is 0.510. The molecule has 0 aliphatic heterocycles. The maximum absolute atomic E-state index is 12.8. The summed E-state index contributed by atoms with van der Waals surface area (Å²) >= 11 is 0. The highest BCUT2D eigenvalue weighted by Crippen LogP contribution is 2.09. The number of halogens is 2. The van der Waals surface area contributed by atoms with Crippen LogP contribution in [0.2, 0.25) is 0 Å². The standard InChI is InChI=1S/C8H5F2NO2/c9-4-1-2-5(6(10)3-4)7(12)8(11)13/h1-3H,(H2,11,13). The quantitative estimate of drug-likeness (QED) is 0.542. The third kappa shape index (κ3) is 1.87. The highest BCUT2D eigenvalue weighted by Gasteiger charge is 2.16. The number of carbonyl (C=O) groups excluding carboxylic acids is 2. The lowest BCUT2D eigenvalue weighted by molar-refractivity contribution is -0.114.